The van der Waals surface area contributed by atoms with Gasteiger partial charge in [0.2, 0.25) is 0 Å². The van der Waals surface area contributed by atoms with Crippen molar-refractivity contribution in [1.29, 1.82) is 0 Å². The molecule has 228 valence electrons. The summed E-state index contributed by atoms with van der Waals surface area (Å²) < 4.78 is 18.5. The number of aliphatic hydroxyl groups is 1. The zero-order valence-corrected chi connectivity index (χ0v) is 26.4. The molecule has 1 amide bonds. The summed E-state index contributed by atoms with van der Waals surface area (Å²) in [6.07, 6.45) is 3.77. The maximum Gasteiger partial charge on any atom is 0.301 e. The van der Waals surface area contributed by atoms with Crippen LogP contribution in [0.4, 0.5) is 5.13 Å². The van der Waals surface area contributed by atoms with Gasteiger partial charge in [0.15, 0.2) is 16.6 Å². The molecule has 1 saturated heterocycles. The van der Waals surface area contributed by atoms with E-state index in [2.05, 4.69) is 6.92 Å². The second-order valence-corrected chi connectivity index (χ2v) is 12.5. The van der Waals surface area contributed by atoms with Crippen LogP contribution >= 0.6 is 11.3 Å². The SMILES string of the molecule is CCCCCOc1ccc([C@@H]2/C(=C(\O)c3ccc4c(c3)C[C@@H](C)O4)C(=O)C(=O)N2c2nc3c(C)cc(C)cc3s2)cc1OC. The first kappa shape index (κ1) is 29.7. The number of aryl methyl sites for hydroxylation is 2. The highest BCUT2D eigenvalue weighted by atomic mass is 32.1. The molecule has 44 heavy (non-hydrogen) atoms. The number of Topliss-reactive ketones (excluding diaryl/α,β-unsaturated/α-hetero) is 1. The predicted molar refractivity (Wildman–Crippen MR) is 172 cm³/mol. The summed E-state index contributed by atoms with van der Waals surface area (Å²) in [4.78, 5) is 33.9. The first-order valence-corrected chi connectivity index (χ1v) is 15.8. The Morgan fingerprint density at radius 3 is 2.68 bits per heavy atom. The van der Waals surface area contributed by atoms with Gasteiger partial charge in [-0.3, -0.25) is 14.5 Å². The van der Waals surface area contributed by atoms with Crippen molar-refractivity contribution in [3.63, 3.8) is 0 Å². The predicted octanol–water partition coefficient (Wildman–Crippen LogP) is 7.44. The van der Waals surface area contributed by atoms with E-state index < -0.39 is 17.7 Å². The van der Waals surface area contributed by atoms with Crippen molar-refractivity contribution in [3.05, 3.63) is 81.9 Å². The van der Waals surface area contributed by atoms with E-state index in [1.54, 1.807) is 31.4 Å². The molecular formula is C35H36N2O6S. The number of rotatable bonds is 9. The number of ketones is 1. The van der Waals surface area contributed by atoms with Gasteiger partial charge in [0.1, 0.15) is 17.6 Å². The van der Waals surface area contributed by atoms with E-state index in [4.69, 9.17) is 19.2 Å². The van der Waals surface area contributed by atoms with Gasteiger partial charge in [-0.2, -0.15) is 0 Å². The number of fused-ring (bicyclic) bond motifs is 2. The van der Waals surface area contributed by atoms with Crippen molar-refractivity contribution in [2.75, 3.05) is 18.6 Å². The zero-order valence-electron chi connectivity index (χ0n) is 25.6. The molecule has 6 rings (SSSR count). The molecule has 0 unspecified atom stereocenters. The maximum absolute atomic E-state index is 13.8. The second-order valence-electron chi connectivity index (χ2n) is 11.5. The van der Waals surface area contributed by atoms with E-state index in [0.717, 1.165) is 51.9 Å². The van der Waals surface area contributed by atoms with Gasteiger partial charge in [-0.05, 0) is 85.8 Å². The van der Waals surface area contributed by atoms with Crippen LogP contribution in [0.25, 0.3) is 16.0 Å². The third kappa shape index (κ3) is 5.30. The Kier molecular flexibility index (Phi) is 8.07. The minimum absolute atomic E-state index is 0.00672. The van der Waals surface area contributed by atoms with Gasteiger partial charge in [0.05, 0.1) is 35.5 Å². The van der Waals surface area contributed by atoms with Gasteiger partial charge in [-0.15, -0.1) is 0 Å². The van der Waals surface area contributed by atoms with Gasteiger partial charge in [-0.1, -0.05) is 43.2 Å². The largest absolute Gasteiger partial charge is 0.507 e. The topological polar surface area (TPSA) is 98.2 Å². The molecule has 2 aliphatic rings. The average Bonchev–Trinajstić information content (AvgIpc) is 3.67. The Morgan fingerprint density at radius 2 is 1.91 bits per heavy atom. The second kappa shape index (κ2) is 12.0. The third-order valence-electron chi connectivity index (χ3n) is 8.15. The lowest BCUT2D eigenvalue weighted by molar-refractivity contribution is -0.132. The fourth-order valence-corrected chi connectivity index (χ4v) is 7.21. The van der Waals surface area contributed by atoms with E-state index in [0.29, 0.717) is 40.8 Å². The number of hydrogen-bond acceptors (Lipinski definition) is 8. The molecule has 1 N–H and O–H groups in total. The normalized spacial score (nSPS) is 19.0. The van der Waals surface area contributed by atoms with Crippen LogP contribution in [0.15, 0.2) is 54.1 Å². The summed E-state index contributed by atoms with van der Waals surface area (Å²) in [5.41, 5.74) is 4.81. The van der Waals surface area contributed by atoms with Crippen molar-refractivity contribution in [1.82, 2.24) is 4.98 Å². The third-order valence-corrected chi connectivity index (χ3v) is 9.15. The van der Waals surface area contributed by atoms with E-state index in [9.17, 15) is 14.7 Å². The van der Waals surface area contributed by atoms with Crippen molar-refractivity contribution in [2.24, 2.45) is 0 Å². The Balaban J connectivity index is 1.50. The molecule has 0 spiro atoms. The van der Waals surface area contributed by atoms with Crippen LogP contribution in [0.1, 0.15) is 67.0 Å². The number of hydrogen-bond donors (Lipinski definition) is 1. The van der Waals surface area contributed by atoms with Gasteiger partial charge < -0.3 is 19.3 Å². The standard InChI is InChI=1S/C35H36N2O6S/c1-6-7-8-13-42-26-12-9-22(18-27(26)41-5)31-29(32(38)23-10-11-25-24(17-23)16-21(4)43-25)33(39)34(40)37(31)35-36-30-20(3)14-19(2)15-28(30)44-35/h9-12,14-15,17-18,21,31,38H,6-8,13,16H2,1-5H3/b32-29+/t21-,31-/m1/s1. The molecule has 8 nitrogen and oxygen atoms in total. The highest BCUT2D eigenvalue weighted by Crippen LogP contribution is 2.46. The number of amides is 1. The number of aliphatic hydroxyl groups excluding tert-OH is 1. The van der Waals surface area contributed by atoms with Crippen LogP contribution in [0.3, 0.4) is 0 Å². The van der Waals surface area contributed by atoms with Gasteiger partial charge >= 0.3 is 5.91 Å². The number of carbonyl (C=O) groups excluding carboxylic acids is 2. The Morgan fingerprint density at radius 1 is 1.09 bits per heavy atom. The number of thiazole rings is 1. The number of nitrogens with zero attached hydrogens (tertiary/aromatic N) is 2. The van der Waals surface area contributed by atoms with E-state index in [1.165, 1.54) is 16.2 Å². The summed E-state index contributed by atoms with van der Waals surface area (Å²) in [7, 11) is 1.56. The number of aromatic nitrogens is 1. The zero-order chi connectivity index (χ0) is 31.1. The molecule has 3 heterocycles. The molecule has 2 aliphatic heterocycles. The first-order valence-electron chi connectivity index (χ1n) is 15.0. The van der Waals surface area contributed by atoms with Crippen molar-refractivity contribution in [2.45, 2.75) is 65.5 Å². The molecule has 2 atom stereocenters. The molecule has 9 heteroatoms. The summed E-state index contributed by atoms with van der Waals surface area (Å²) in [5, 5.41) is 12.1. The van der Waals surface area contributed by atoms with Crippen LogP contribution in [0.5, 0.6) is 17.2 Å². The van der Waals surface area contributed by atoms with E-state index >= 15 is 0 Å². The van der Waals surface area contributed by atoms with Crippen molar-refractivity contribution >= 4 is 44.1 Å². The molecule has 1 aromatic heterocycles. The Bertz CT molecular complexity index is 1810. The minimum atomic E-state index is -0.941. The quantitative estimate of drug-likeness (QED) is 0.0908. The van der Waals surface area contributed by atoms with E-state index in [1.807, 2.05) is 45.0 Å². The lowest BCUT2D eigenvalue weighted by Gasteiger charge is -2.24. The lowest BCUT2D eigenvalue weighted by atomic mass is 9.94. The molecule has 4 aromatic rings. The fraction of sp³-hybridized carbons (Fsp3) is 0.343. The van der Waals surface area contributed by atoms with Gasteiger partial charge in [-0.25, -0.2) is 4.98 Å². The molecule has 0 radical (unpaired) electrons. The number of unbranched alkanes of at least 4 members (excludes halogenated alkanes) is 2. The average molecular weight is 613 g/mol. The highest BCUT2D eigenvalue weighted by Gasteiger charge is 2.48. The summed E-state index contributed by atoms with van der Waals surface area (Å²) in [5.74, 6) is 0.0356. The number of benzene rings is 3. The van der Waals surface area contributed by atoms with Gasteiger partial charge in [0, 0.05) is 12.0 Å². The monoisotopic (exact) mass is 612 g/mol. The summed E-state index contributed by atoms with van der Waals surface area (Å²) in [6.45, 7) is 8.66. The van der Waals surface area contributed by atoms with Crippen LogP contribution in [-0.2, 0) is 16.0 Å². The molecule has 3 aromatic carbocycles. The molecular weight excluding hydrogens is 576 g/mol. The first-order chi connectivity index (χ1) is 21.2. The van der Waals surface area contributed by atoms with Crippen molar-refractivity contribution in [3.8, 4) is 17.2 Å². The maximum atomic E-state index is 13.8. The molecule has 0 aliphatic carbocycles. The van der Waals surface area contributed by atoms with Crippen LogP contribution in [0.2, 0.25) is 0 Å². The Labute approximate surface area is 260 Å². The highest BCUT2D eigenvalue weighted by molar-refractivity contribution is 7.22. The van der Waals surface area contributed by atoms with E-state index in [-0.39, 0.29) is 17.4 Å². The summed E-state index contributed by atoms with van der Waals surface area (Å²) in [6, 6.07) is 13.8. The Hall–Kier alpha value is -4.37. The lowest BCUT2D eigenvalue weighted by Crippen LogP contribution is -2.29. The van der Waals surface area contributed by atoms with Crippen LogP contribution in [-0.4, -0.2) is 41.6 Å². The molecule has 0 bridgehead atoms. The number of ether oxygens (including phenoxy) is 3. The van der Waals surface area contributed by atoms with Gasteiger partial charge in [0.25, 0.3) is 5.78 Å². The number of carbonyl (C=O) groups is 2. The van der Waals surface area contributed by atoms with Crippen molar-refractivity contribution < 1.29 is 28.9 Å². The smallest absolute Gasteiger partial charge is 0.301 e. The molecule has 1 fully saturated rings. The minimum Gasteiger partial charge on any atom is -0.507 e. The van der Waals surface area contributed by atoms with Crippen LogP contribution in [0, 0.1) is 13.8 Å². The van der Waals surface area contributed by atoms with Crippen LogP contribution < -0.4 is 19.1 Å². The fourth-order valence-electron chi connectivity index (χ4n) is 6.04. The number of anilines is 1. The number of methoxy groups -OCH3 is 1. The summed E-state index contributed by atoms with van der Waals surface area (Å²) >= 11 is 1.35. The molecule has 0 saturated carbocycles.